The molecule has 96 valence electrons. The van der Waals surface area contributed by atoms with Crippen molar-refractivity contribution in [1.82, 2.24) is 5.32 Å². The van der Waals surface area contributed by atoms with Gasteiger partial charge in [-0.15, -0.1) is 0 Å². The number of hydrogen-bond donors (Lipinski definition) is 2. The van der Waals surface area contributed by atoms with Gasteiger partial charge in [0.25, 0.3) is 0 Å². The van der Waals surface area contributed by atoms with Crippen LogP contribution in [-0.4, -0.2) is 31.0 Å². The van der Waals surface area contributed by atoms with Crippen molar-refractivity contribution in [2.75, 3.05) is 18.0 Å². The molecule has 5 nitrogen and oxygen atoms in total. The molecule has 0 saturated carbocycles. The Labute approximate surface area is 107 Å². The summed E-state index contributed by atoms with van der Waals surface area (Å²) in [7, 11) is 0. The minimum atomic E-state index is 0.0352. The zero-order chi connectivity index (χ0) is 13.0. The van der Waals surface area contributed by atoms with Gasteiger partial charge in [0, 0.05) is 25.2 Å². The molecule has 1 amide bonds. The van der Waals surface area contributed by atoms with Crippen molar-refractivity contribution >= 4 is 17.6 Å². The molecule has 1 heterocycles. The topological polar surface area (TPSA) is 70.7 Å². The first-order valence-corrected chi connectivity index (χ1v) is 6.12. The van der Waals surface area contributed by atoms with Gasteiger partial charge in [-0.25, -0.2) is 0 Å². The number of hydrogen-bond acceptors (Lipinski definition) is 2. The number of nitrogens with one attached hydrogen (secondary N) is 1. The van der Waals surface area contributed by atoms with Gasteiger partial charge in [-0.2, -0.15) is 0 Å². The number of nitrogens with zero attached hydrogens (tertiary/aromatic N) is 2. The molecule has 0 radical (unpaired) electrons. The van der Waals surface area contributed by atoms with Crippen LogP contribution in [0, 0.1) is 0 Å². The van der Waals surface area contributed by atoms with E-state index in [1.54, 1.807) is 4.90 Å². The lowest BCUT2D eigenvalue weighted by molar-refractivity contribution is -0.117. The van der Waals surface area contributed by atoms with E-state index < -0.39 is 0 Å². The number of anilines is 1. The van der Waals surface area contributed by atoms with Gasteiger partial charge in [-0.05, 0) is 19.1 Å². The number of nitrogens with two attached hydrogens (primary N) is 1. The van der Waals surface area contributed by atoms with Gasteiger partial charge in [0.1, 0.15) is 0 Å². The van der Waals surface area contributed by atoms with Gasteiger partial charge in [0.2, 0.25) is 5.91 Å². The Hall–Kier alpha value is -2.04. The van der Waals surface area contributed by atoms with Crippen molar-refractivity contribution < 1.29 is 4.79 Å². The third kappa shape index (κ3) is 2.80. The number of aliphatic imine (C=N–C) groups is 1. The van der Waals surface area contributed by atoms with E-state index in [1.165, 1.54) is 0 Å². The number of benzene rings is 1. The van der Waals surface area contributed by atoms with Crippen LogP contribution in [0.15, 0.2) is 35.3 Å². The normalized spacial score (nSPS) is 20.3. The predicted octanol–water partition coefficient (Wildman–Crippen LogP) is 0.716. The smallest absolute Gasteiger partial charge is 0.229 e. The molecule has 0 aromatic heterocycles. The first-order valence-electron chi connectivity index (χ1n) is 6.12. The van der Waals surface area contributed by atoms with Gasteiger partial charge < -0.3 is 16.0 Å². The van der Waals surface area contributed by atoms with Crippen LogP contribution in [0.3, 0.4) is 0 Å². The number of amides is 1. The second-order valence-corrected chi connectivity index (χ2v) is 4.24. The molecule has 1 aromatic carbocycles. The summed E-state index contributed by atoms with van der Waals surface area (Å²) in [5.41, 5.74) is 6.63. The fourth-order valence-electron chi connectivity index (χ4n) is 2.09. The molecule has 1 fully saturated rings. The van der Waals surface area contributed by atoms with Gasteiger partial charge in [-0.1, -0.05) is 18.2 Å². The fraction of sp³-hybridized carbons (Fsp3) is 0.385. The van der Waals surface area contributed by atoms with Crippen LogP contribution in [0.5, 0.6) is 0 Å². The van der Waals surface area contributed by atoms with Crippen LogP contribution in [-0.2, 0) is 4.79 Å². The van der Waals surface area contributed by atoms with E-state index in [9.17, 15) is 4.79 Å². The second-order valence-electron chi connectivity index (χ2n) is 4.24. The van der Waals surface area contributed by atoms with E-state index in [0.717, 1.165) is 5.69 Å². The van der Waals surface area contributed by atoms with E-state index >= 15 is 0 Å². The van der Waals surface area contributed by atoms with Gasteiger partial charge in [0.15, 0.2) is 5.96 Å². The van der Waals surface area contributed by atoms with E-state index in [1.807, 2.05) is 37.3 Å². The number of guanidine groups is 1. The maximum Gasteiger partial charge on any atom is 0.229 e. The summed E-state index contributed by atoms with van der Waals surface area (Å²) in [6, 6.07) is 9.69. The number of carbonyl (C=O) groups excluding carboxylic acids is 1. The Morgan fingerprint density at radius 2 is 2.22 bits per heavy atom. The number of rotatable bonds is 3. The quantitative estimate of drug-likeness (QED) is 0.609. The summed E-state index contributed by atoms with van der Waals surface area (Å²) in [5.74, 6) is 0.521. The molecule has 1 aromatic rings. The first-order chi connectivity index (χ1) is 8.70. The first kappa shape index (κ1) is 12.4. The predicted molar refractivity (Wildman–Crippen MR) is 72.5 cm³/mol. The average molecular weight is 246 g/mol. The summed E-state index contributed by atoms with van der Waals surface area (Å²) >= 11 is 0. The lowest BCUT2D eigenvalue weighted by atomic mass is 10.2. The third-order valence-electron chi connectivity index (χ3n) is 2.87. The van der Waals surface area contributed by atoms with E-state index in [4.69, 9.17) is 5.73 Å². The summed E-state index contributed by atoms with van der Waals surface area (Å²) in [6.07, 6.45) is 0.453. The van der Waals surface area contributed by atoms with E-state index in [-0.39, 0.29) is 11.9 Å². The van der Waals surface area contributed by atoms with Crippen molar-refractivity contribution in [3.05, 3.63) is 30.3 Å². The monoisotopic (exact) mass is 246 g/mol. The zero-order valence-electron chi connectivity index (χ0n) is 10.5. The molecule has 0 bridgehead atoms. The molecule has 3 N–H and O–H groups in total. The Morgan fingerprint density at radius 1 is 1.50 bits per heavy atom. The van der Waals surface area contributed by atoms with Crippen molar-refractivity contribution in [2.24, 2.45) is 10.7 Å². The van der Waals surface area contributed by atoms with Gasteiger partial charge in [-0.3, -0.25) is 9.79 Å². The molecule has 0 spiro atoms. The maximum absolute atomic E-state index is 11.9. The summed E-state index contributed by atoms with van der Waals surface area (Å²) in [6.45, 7) is 3.19. The molecule has 2 rings (SSSR count). The molecule has 1 saturated heterocycles. The highest BCUT2D eigenvalue weighted by atomic mass is 16.2. The Morgan fingerprint density at radius 3 is 2.89 bits per heavy atom. The van der Waals surface area contributed by atoms with Gasteiger partial charge in [0.05, 0.1) is 6.04 Å². The second kappa shape index (κ2) is 5.53. The number of carbonyl (C=O) groups is 1. The summed E-state index contributed by atoms with van der Waals surface area (Å²) < 4.78 is 0. The van der Waals surface area contributed by atoms with E-state index in [2.05, 4.69) is 10.3 Å². The largest absolute Gasteiger partial charge is 0.370 e. The molecular formula is C13H18N4O. The van der Waals surface area contributed by atoms with Crippen LogP contribution in [0.1, 0.15) is 13.3 Å². The Bertz CT molecular complexity index is 444. The highest BCUT2D eigenvalue weighted by molar-refractivity contribution is 5.96. The van der Waals surface area contributed by atoms with E-state index in [0.29, 0.717) is 25.5 Å². The highest BCUT2D eigenvalue weighted by Crippen LogP contribution is 2.20. The molecular weight excluding hydrogens is 228 g/mol. The molecule has 1 aliphatic heterocycles. The Balaban J connectivity index is 2.01. The van der Waals surface area contributed by atoms with Crippen molar-refractivity contribution in [1.29, 1.82) is 0 Å². The van der Waals surface area contributed by atoms with Crippen LogP contribution in [0.2, 0.25) is 0 Å². The van der Waals surface area contributed by atoms with Crippen LogP contribution in [0.4, 0.5) is 5.69 Å². The highest BCUT2D eigenvalue weighted by Gasteiger charge is 2.30. The standard InChI is InChI=1S/C13H18N4O/c1-2-15-13(14)16-10-8-12(18)17(9-10)11-6-4-3-5-7-11/h3-7,10H,2,8-9H2,1H3,(H3,14,15,16). The lowest BCUT2D eigenvalue weighted by Crippen LogP contribution is -2.41. The van der Waals surface area contributed by atoms with Crippen LogP contribution >= 0.6 is 0 Å². The summed E-state index contributed by atoms with van der Waals surface area (Å²) in [5, 5.41) is 3.08. The number of para-hydroxylation sites is 1. The minimum Gasteiger partial charge on any atom is -0.370 e. The maximum atomic E-state index is 11.9. The van der Waals surface area contributed by atoms with Crippen molar-refractivity contribution in [3.63, 3.8) is 0 Å². The molecule has 1 unspecified atom stereocenters. The van der Waals surface area contributed by atoms with Crippen molar-refractivity contribution in [2.45, 2.75) is 19.4 Å². The van der Waals surface area contributed by atoms with Gasteiger partial charge >= 0.3 is 0 Å². The van der Waals surface area contributed by atoms with Crippen LogP contribution in [0.25, 0.3) is 0 Å². The minimum absolute atomic E-state index is 0.0352. The molecule has 1 aliphatic rings. The zero-order valence-corrected chi connectivity index (χ0v) is 10.5. The molecule has 18 heavy (non-hydrogen) atoms. The molecule has 0 aliphatic carbocycles. The van der Waals surface area contributed by atoms with Crippen molar-refractivity contribution in [3.8, 4) is 0 Å². The average Bonchev–Trinajstić information content (AvgIpc) is 2.71. The summed E-state index contributed by atoms with van der Waals surface area (Å²) in [4.78, 5) is 17.8. The molecule has 5 heteroatoms. The molecule has 1 atom stereocenters. The SMILES string of the molecule is CCN=C(N)NC1CC(=O)N(c2ccccc2)C1. The lowest BCUT2D eigenvalue weighted by Gasteiger charge is -2.17. The Kier molecular flexibility index (Phi) is 3.82. The third-order valence-corrected chi connectivity index (χ3v) is 2.87. The fourth-order valence-corrected chi connectivity index (χ4v) is 2.09. The van der Waals surface area contributed by atoms with Crippen LogP contribution < -0.4 is 16.0 Å².